The minimum absolute atomic E-state index is 0.104. The number of hydrogen-bond acceptors (Lipinski definition) is 2. The van der Waals surface area contributed by atoms with Crippen LogP contribution >= 0.6 is 0 Å². The first kappa shape index (κ1) is 32.1. The molecular weight excluding hydrogens is 681 g/mol. The molecule has 0 unspecified atom stereocenters. The Hall–Kier alpha value is -6.36. The van der Waals surface area contributed by atoms with Crippen LogP contribution in [0, 0.1) is 20.8 Å². The van der Waals surface area contributed by atoms with Crippen LogP contribution in [0.1, 0.15) is 16.7 Å². The van der Waals surface area contributed by atoms with E-state index in [0.29, 0.717) is 0 Å². The highest BCUT2D eigenvalue weighted by molar-refractivity contribution is 7.22. The number of furan rings is 1. The van der Waals surface area contributed by atoms with E-state index in [0.717, 1.165) is 27.5 Å². The normalized spacial score (nSPS) is 13.8. The van der Waals surface area contributed by atoms with Gasteiger partial charge in [0.15, 0.2) is 8.07 Å². The molecule has 0 saturated carbocycles. The summed E-state index contributed by atoms with van der Waals surface area (Å²) in [5.41, 5.74) is 16.1. The van der Waals surface area contributed by atoms with Crippen molar-refractivity contribution in [1.29, 1.82) is 0 Å². The second-order valence-electron chi connectivity index (χ2n) is 15.4. The highest BCUT2D eigenvalue weighted by Crippen LogP contribution is 2.42. The van der Waals surface area contributed by atoms with Gasteiger partial charge in [-0.2, -0.15) is 0 Å². The average Bonchev–Trinajstić information content (AvgIpc) is 3.61. The van der Waals surface area contributed by atoms with Gasteiger partial charge in [-0.05, 0) is 76.2 Å². The van der Waals surface area contributed by atoms with Gasteiger partial charge >= 0.3 is 0 Å². The molecule has 0 amide bonds. The molecule has 0 atom stereocenters. The summed E-state index contributed by atoms with van der Waals surface area (Å²) < 4.78 is 6.65. The third-order valence-electron chi connectivity index (χ3n) is 12.3. The maximum Gasteiger partial charge on any atom is 0.247 e. The number of hydrogen-bond donors (Lipinski definition) is 0. The number of para-hydroxylation sites is 4. The lowest BCUT2D eigenvalue weighted by Crippen LogP contribution is -2.78. The van der Waals surface area contributed by atoms with E-state index < -0.39 is 8.07 Å². The van der Waals surface area contributed by atoms with Crippen LogP contribution < -0.4 is 42.0 Å². The van der Waals surface area contributed by atoms with Crippen molar-refractivity contribution in [3.05, 3.63) is 193 Å². The summed E-state index contributed by atoms with van der Waals surface area (Å²) >= 11 is 0. The van der Waals surface area contributed by atoms with Crippen molar-refractivity contribution in [2.24, 2.45) is 0 Å². The maximum atomic E-state index is 6.65. The van der Waals surface area contributed by atoms with Gasteiger partial charge in [-0.1, -0.05) is 180 Å². The van der Waals surface area contributed by atoms with E-state index in [1.54, 1.807) is 0 Å². The Kier molecular flexibility index (Phi) is 7.05. The Morgan fingerprint density at radius 1 is 0.509 bits per heavy atom. The summed E-state index contributed by atoms with van der Waals surface area (Å²) in [6.07, 6.45) is 0. The zero-order valence-corrected chi connectivity index (χ0v) is 32.2. The van der Waals surface area contributed by atoms with E-state index in [1.165, 1.54) is 76.5 Å². The topological polar surface area (TPSA) is 16.4 Å². The molecule has 4 heteroatoms. The molecule has 2 aliphatic rings. The van der Waals surface area contributed by atoms with Crippen LogP contribution in [-0.2, 0) is 0 Å². The zero-order valence-electron chi connectivity index (χ0n) is 31.2. The maximum absolute atomic E-state index is 6.65. The fourth-order valence-electron chi connectivity index (χ4n) is 10.3. The molecule has 0 aliphatic carbocycles. The van der Waals surface area contributed by atoms with Crippen molar-refractivity contribution >= 4 is 90.9 Å². The van der Waals surface area contributed by atoms with Crippen molar-refractivity contribution in [3.63, 3.8) is 0 Å². The quantitative estimate of drug-likeness (QED) is 0.171. The smallest absolute Gasteiger partial charge is 0.247 e. The summed E-state index contributed by atoms with van der Waals surface area (Å²) in [6.45, 7) is 6.91. The molecule has 8 aromatic carbocycles. The zero-order chi connectivity index (χ0) is 36.8. The number of rotatable bonds is 4. The summed E-state index contributed by atoms with van der Waals surface area (Å²) in [4.78, 5) is 2.60. The lowest BCUT2D eigenvalue weighted by atomic mass is 9.34. The first-order chi connectivity index (χ1) is 27.0. The van der Waals surface area contributed by atoms with Crippen LogP contribution in [0.15, 0.2) is 180 Å². The van der Waals surface area contributed by atoms with Crippen LogP contribution in [-0.4, -0.2) is 14.8 Å². The van der Waals surface area contributed by atoms with E-state index in [4.69, 9.17) is 4.42 Å². The lowest BCUT2D eigenvalue weighted by Gasteiger charge is -2.49. The standard InChI is InChI=1S/C51H38BNOSi/c1-33-30-34(2)49(35(3)31-33)52-42-23-11-12-25-44(42)53-45-29-28-36(39-21-14-22-41-40-20-10-13-26-46(40)54-51(39)41)32-48(45)55(37-16-6-4-7-17-37,38-18-8-5-9-19-38)47-27-15-24-43(52)50(47)53/h4-32H,1-3H3. The molecule has 9 aromatic rings. The Morgan fingerprint density at radius 3 is 1.91 bits per heavy atom. The second kappa shape index (κ2) is 12.1. The van der Waals surface area contributed by atoms with Gasteiger partial charge in [0.2, 0.25) is 6.71 Å². The number of anilines is 3. The summed E-state index contributed by atoms with van der Waals surface area (Å²) in [6, 6.07) is 66.0. The van der Waals surface area contributed by atoms with Gasteiger partial charge < -0.3 is 9.32 Å². The second-order valence-corrected chi connectivity index (χ2v) is 19.1. The van der Waals surface area contributed by atoms with E-state index in [1.807, 2.05) is 0 Å². The molecule has 0 spiro atoms. The molecular formula is C51H38BNOSi. The Bertz CT molecular complexity index is 2920. The first-order valence-corrected chi connectivity index (χ1v) is 21.3. The van der Waals surface area contributed by atoms with Gasteiger partial charge in [0.05, 0.1) is 0 Å². The molecule has 0 radical (unpaired) electrons. The molecule has 0 saturated heterocycles. The van der Waals surface area contributed by atoms with Crippen molar-refractivity contribution in [3.8, 4) is 11.1 Å². The molecule has 1 aromatic heterocycles. The van der Waals surface area contributed by atoms with Crippen molar-refractivity contribution in [1.82, 2.24) is 0 Å². The van der Waals surface area contributed by atoms with Crippen molar-refractivity contribution in [2.45, 2.75) is 20.8 Å². The third-order valence-corrected chi connectivity index (χ3v) is 17.1. The highest BCUT2D eigenvalue weighted by atomic mass is 28.3. The molecule has 55 heavy (non-hydrogen) atoms. The van der Waals surface area contributed by atoms with Crippen molar-refractivity contribution in [2.75, 3.05) is 4.90 Å². The van der Waals surface area contributed by atoms with E-state index in [9.17, 15) is 0 Å². The van der Waals surface area contributed by atoms with Crippen LogP contribution in [0.2, 0.25) is 0 Å². The van der Waals surface area contributed by atoms with E-state index in [-0.39, 0.29) is 6.71 Å². The summed E-state index contributed by atoms with van der Waals surface area (Å²) in [7, 11) is -2.96. The number of fused-ring (bicyclic) bond motifs is 7. The van der Waals surface area contributed by atoms with Crippen LogP contribution in [0.25, 0.3) is 33.1 Å². The van der Waals surface area contributed by atoms with Gasteiger partial charge in [0.25, 0.3) is 0 Å². The van der Waals surface area contributed by atoms with E-state index in [2.05, 4.69) is 202 Å². The Balaban J connectivity index is 1.28. The van der Waals surface area contributed by atoms with Crippen LogP contribution in [0.3, 0.4) is 0 Å². The fraction of sp³-hybridized carbons (Fsp3) is 0.0588. The molecule has 0 bridgehead atoms. The van der Waals surface area contributed by atoms with Crippen LogP contribution in [0.4, 0.5) is 17.1 Å². The van der Waals surface area contributed by atoms with Crippen LogP contribution in [0.5, 0.6) is 0 Å². The average molecular weight is 720 g/mol. The molecule has 260 valence electrons. The van der Waals surface area contributed by atoms with Gasteiger partial charge in [0, 0.05) is 33.4 Å². The molecule has 2 aliphatic heterocycles. The number of benzene rings is 8. The van der Waals surface area contributed by atoms with Gasteiger partial charge in [-0.15, -0.1) is 0 Å². The predicted octanol–water partition coefficient (Wildman–Crippen LogP) is 8.17. The minimum atomic E-state index is -2.96. The van der Waals surface area contributed by atoms with Gasteiger partial charge in [0.1, 0.15) is 11.2 Å². The molecule has 0 fully saturated rings. The SMILES string of the molecule is Cc1cc(C)c(B2c3ccccc3N3c4ccc(-c5cccc6c5oc5ccccc56)cc4[Si](c4ccccc4)(c4ccccc4)c4cccc2c43)c(C)c1. The van der Waals surface area contributed by atoms with Gasteiger partial charge in [-0.3, -0.25) is 0 Å². The first-order valence-electron chi connectivity index (χ1n) is 19.3. The highest BCUT2D eigenvalue weighted by Gasteiger charge is 2.52. The molecule has 0 N–H and O–H groups in total. The lowest BCUT2D eigenvalue weighted by molar-refractivity contribution is 0.670. The van der Waals surface area contributed by atoms with Gasteiger partial charge in [-0.25, -0.2) is 0 Å². The molecule has 2 nitrogen and oxygen atoms in total. The summed E-state index contributed by atoms with van der Waals surface area (Å²) in [5.74, 6) is 0. The van der Waals surface area contributed by atoms with E-state index >= 15 is 0 Å². The molecule has 11 rings (SSSR count). The predicted molar refractivity (Wildman–Crippen MR) is 236 cm³/mol. The Morgan fingerprint density at radius 2 is 1.15 bits per heavy atom. The largest absolute Gasteiger partial charge is 0.455 e. The van der Waals surface area contributed by atoms with Crippen molar-refractivity contribution < 1.29 is 4.42 Å². The Labute approximate surface area is 323 Å². The number of aryl methyl sites for hydroxylation is 3. The number of nitrogens with zero attached hydrogens (tertiary/aromatic N) is 1. The minimum Gasteiger partial charge on any atom is -0.455 e. The molecule has 3 heterocycles. The monoisotopic (exact) mass is 719 g/mol. The fourth-order valence-corrected chi connectivity index (χ4v) is 15.4. The summed E-state index contributed by atoms with van der Waals surface area (Å²) in [5, 5.41) is 7.87. The third kappa shape index (κ3) is 4.49.